The third-order valence-electron chi connectivity index (χ3n) is 4.41. The molecule has 1 amide bonds. The minimum absolute atomic E-state index is 0.00337. The third-order valence-corrected chi connectivity index (χ3v) is 4.65. The molecule has 2 N–H and O–H groups in total. The summed E-state index contributed by atoms with van der Waals surface area (Å²) in [6.45, 7) is 0.366. The molecule has 0 aliphatic carbocycles. The summed E-state index contributed by atoms with van der Waals surface area (Å²) >= 11 is 6.00. The SMILES string of the molecule is CNc1ccc(Cl)cc1C(=O)N1CC[C@@H](Oc2cc(F)cc(F)c2)[C@H](O)C1. The Hall–Kier alpha value is -2.38. The topological polar surface area (TPSA) is 61.8 Å². The molecule has 0 bridgehead atoms. The lowest BCUT2D eigenvalue weighted by Crippen LogP contribution is -2.51. The number of rotatable bonds is 4. The first-order valence-corrected chi connectivity index (χ1v) is 8.82. The number of halogens is 3. The molecule has 2 atom stereocenters. The van der Waals surface area contributed by atoms with E-state index in [1.54, 1.807) is 25.2 Å². The van der Waals surface area contributed by atoms with Crippen LogP contribution < -0.4 is 10.1 Å². The first-order chi connectivity index (χ1) is 12.9. The number of carbonyl (C=O) groups excluding carboxylic acids is 1. The van der Waals surface area contributed by atoms with Gasteiger partial charge in [-0.15, -0.1) is 0 Å². The monoisotopic (exact) mass is 396 g/mol. The summed E-state index contributed by atoms with van der Waals surface area (Å²) in [7, 11) is 1.70. The molecule has 5 nitrogen and oxygen atoms in total. The molecule has 1 saturated heterocycles. The van der Waals surface area contributed by atoms with Gasteiger partial charge in [0.25, 0.3) is 5.91 Å². The molecule has 0 aromatic heterocycles. The smallest absolute Gasteiger partial charge is 0.256 e. The number of hydrogen-bond acceptors (Lipinski definition) is 4. The normalized spacial score (nSPS) is 19.7. The number of benzene rings is 2. The van der Waals surface area contributed by atoms with Crippen LogP contribution in [0.5, 0.6) is 5.75 Å². The van der Waals surface area contributed by atoms with Crippen molar-refractivity contribution in [2.45, 2.75) is 18.6 Å². The number of piperidine rings is 1. The highest BCUT2D eigenvalue weighted by Gasteiger charge is 2.33. The Kier molecular flexibility index (Phi) is 5.82. The number of aliphatic hydroxyl groups excluding tert-OH is 1. The molecule has 8 heteroatoms. The predicted octanol–water partition coefficient (Wildman–Crippen LogP) is 3.31. The van der Waals surface area contributed by atoms with Crippen LogP contribution in [0.25, 0.3) is 0 Å². The van der Waals surface area contributed by atoms with E-state index in [-0.39, 0.29) is 18.2 Å². The number of nitrogens with one attached hydrogen (secondary N) is 1. The van der Waals surface area contributed by atoms with Gasteiger partial charge in [0, 0.05) is 48.9 Å². The van der Waals surface area contributed by atoms with Gasteiger partial charge in [-0.1, -0.05) is 11.6 Å². The molecule has 1 heterocycles. The fourth-order valence-corrected chi connectivity index (χ4v) is 3.26. The van der Waals surface area contributed by atoms with Gasteiger partial charge in [-0.05, 0) is 18.2 Å². The molecule has 0 spiro atoms. The number of amides is 1. The van der Waals surface area contributed by atoms with E-state index in [0.29, 0.717) is 29.2 Å². The van der Waals surface area contributed by atoms with E-state index in [4.69, 9.17) is 16.3 Å². The third kappa shape index (κ3) is 4.48. The molecular weight excluding hydrogens is 378 g/mol. The molecule has 1 aliphatic heterocycles. The summed E-state index contributed by atoms with van der Waals surface area (Å²) in [5.41, 5.74) is 1.04. The maximum Gasteiger partial charge on any atom is 0.256 e. The zero-order chi connectivity index (χ0) is 19.6. The van der Waals surface area contributed by atoms with Crippen LogP contribution >= 0.6 is 11.6 Å². The van der Waals surface area contributed by atoms with Gasteiger partial charge in [0.1, 0.15) is 29.6 Å². The molecule has 1 aliphatic rings. The van der Waals surface area contributed by atoms with E-state index in [9.17, 15) is 18.7 Å². The summed E-state index contributed by atoms with van der Waals surface area (Å²) in [6, 6.07) is 7.81. The van der Waals surface area contributed by atoms with Gasteiger partial charge >= 0.3 is 0 Å². The number of carbonyl (C=O) groups is 1. The number of β-amino-alcohol motifs (C(OH)–C–C–N with tert-alkyl or cyclic N) is 1. The van der Waals surface area contributed by atoms with Crippen molar-refractivity contribution in [2.24, 2.45) is 0 Å². The first-order valence-electron chi connectivity index (χ1n) is 8.45. The second-order valence-corrected chi connectivity index (χ2v) is 6.74. The van der Waals surface area contributed by atoms with Crippen LogP contribution in [0.3, 0.4) is 0 Å². The number of aliphatic hydroxyl groups is 1. The van der Waals surface area contributed by atoms with Crippen molar-refractivity contribution in [3.63, 3.8) is 0 Å². The van der Waals surface area contributed by atoms with Crippen molar-refractivity contribution in [3.05, 3.63) is 58.6 Å². The van der Waals surface area contributed by atoms with Crippen molar-refractivity contribution in [1.29, 1.82) is 0 Å². The number of ether oxygens (including phenoxy) is 1. The van der Waals surface area contributed by atoms with Gasteiger partial charge in [-0.3, -0.25) is 4.79 Å². The van der Waals surface area contributed by atoms with E-state index in [1.807, 2.05) is 0 Å². The molecule has 0 saturated carbocycles. The lowest BCUT2D eigenvalue weighted by Gasteiger charge is -2.36. The maximum atomic E-state index is 13.3. The van der Waals surface area contributed by atoms with Crippen molar-refractivity contribution in [2.75, 3.05) is 25.5 Å². The zero-order valence-electron chi connectivity index (χ0n) is 14.6. The van der Waals surface area contributed by atoms with Crippen LogP contribution in [0, 0.1) is 11.6 Å². The molecule has 27 heavy (non-hydrogen) atoms. The standard InChI is InChI=1S/C19H19ClF2N2O3/c1-23-16-3-2-11(20)6-15(16)19(26)24-5-4-18(17(25)10-24)27-14-8-12(21)7-13(22)9-14/h2-3,6-9,17-18,23,25H,4-5,10H2,1H3/t17-,18-/m1/s1. The lowest BCUT2D eigenvalue weighted by molar-refractivity contribution is -0.0200. The molecule has 144 valence electrons. The molecule has 2 aromatic rings. The molecule has 1 fully saturated rings. The second kappa shape index (κ2) is 8.10. The van der Waals surface area contributed by atoms with Gasteiger partial charge in [0.05, 0.1) is 12.1 Å². The fourth-order valence-electron chi connectivity index (χ4n) is 3.09. The van der Waals surface area contributed by atoms with E-state index < -0.39 is 23.8 Å². The minimum Gasteiger partial charge on any atom is -0.487 e. The van der Waals surface area contributed by atoms with Gasteiger partial charge in [-0.25, -0.2) is 8.78 Å². The molecular formula is C19H19ClF2N2O3. The van der Waals surface area contributed by atoms with E-state index in [2.05, 4.69) is 5.32 Å². The number of nitrogens with zero attached hydrogens (tertiary/aromatic N) is 1. The summed E-state index contributed by atoms with van der Waals surface area (Å²) in [4.78, 5) is 14.3. The van der Waals surface area contributed by atoms with Crippen LogP contribution in [-0.4, -0.2) is 48.3 Å². The Morgan fingerprint density at radius 3 is 2.59 bits per heavy atom. The van der Waals surface area contributed by atoms with Crippen LogP contribution in [0.2, 0.25) is 5.02 Å². The highest BCUT2D eigenvalue weighted by molar-refractivity contribution is 6.31. The van der Waals surface area contributed by atoms with E-state index in [1.165, 1.54) is 4.90 Å². The Morgan fingerprint density at radius 1 is 1.26 bits per heavy atom. The van der Waals surface area contributed by atoms with Crippen molar-refractivity contribution in [3.8, 4) is 5.75 Å². The average molecular weight is 397 g/mol. The van der Waals surface area contributed by atoms with Gasteiger partial charge < -0.3 is 20.1 Å². The van der Waals surface area contributed by atoms with Gasteiger partial charge in [0.2, 0.25) is 0 Å². The molecule has 0 radical (unpaired) electrons. The Morgan fingerprint density at radius 2 is 1.96 bits per heavy atom. The Balaban J connectivity index is 1.69. The van der Waals surface area contributed by atoms with Gasteiger partial charge in [-0.2, -0.15) is 0 Å². The maximum absolute atomic E-state index is 13.3. The summed E-state index contributed by atoms with van der Waals surface area (Å²) in [5, 5.41) is 13.7. The zero-order valence-corrected chi connectivity index (χ0v) is 15.3. The predicted molar refractivity (Wildman–Crippen MR) is 98.3 cm³/mol. The average Bonchev–Trinajstić information content (AvgIpc) is 2.62. The summed E-state index contributed by atoms with van der Waals surface area (Å²) in [5.74, 6) is -1.78. The molecule has 2 aromatic carbocycles. The quantitative estimate of drug-likeness (QED) is 0.832. The summed E-state index contributed by atoms with van der Waals surface area (Å²) < 4.78 is 32.1. The van der Waals surface area contributed by atoms with Crippen molar-refractivity contribution < 1.29 is 23.4 Å². The van der Waals surface area contributed by atoms with E-state index in [0.717, 1.165) is 18.2 Å². The largest absolute Gasteiger partial charge is 0.487 e. The lowest BCUT2D eigenvalue weighted by atomic mass is 10.0. The van der Waals surface area contributed by atoms with Crippen LogP contribution in [0.15, 0.2) is 36.4 Å². The highest BCUT2D eigenvalue weighted by Crippen LogP contribution is 2.25. The Bertz CT molecular complexity index is 829. The van der Waals surface area contributed by atoms with Crippen LogP contribution in [0.4, 0.5) is 14.5 Å². The van der Waals surface area contributed by atoms with E-state index >= 15 is 0 Å². The number of hydrogen-bond donors (Lipinski definition) is 2. The molecule has 0 unspecified atom stereocenters. The van der Waals surface area contributed by atoms with Crippen LogP contribution in [0.1, 0.15) is 16.8 Å². The number of anilines is 1. The van der Waals surface area contributed by atoms with Crippen LogP contribution in [-0.2, 0) is 0 Å². The van der Waals surface area contributed by atoms with Crippen molar-refractivity contribution in [1.82, 2.24) is 4.90 Å². The number of likely N-dealkylation sites (tertiary alicyclic amines) is 1. The first kappa shape index (κ1) is 19.4. The summed E-state index contributed by atoms with van der Waals surface area (Å²) in [6.07, 6.45) is -1.34. The fraction of sp³-hybridized carbons (Fsp3) is 0.316. The Labute approximate surface area is 160 Å². The highest BCUT2D eigenvalue weighted by atomic mass is 35.5. The second-order valence-electron chi connectivity index (χ2n) is 6.31. The minimum atomic E-state index is -0.994. The van der Waals surface area contributed by atoms with Crippen molar-refractivity contribution >= 4 is 23.2 Å². The molecule has 3 rings (SSSR count). The van der Waals surface area contributed by atoms with Gasteiger partial charge in [0.15, 0.2) is 0 Å².